The molecule has 1 fully saturated rings. The molecular weight excluding hydrogens is 335 g/mol. The molecule has 1 heterocycles. The number of ether oxygens (including phenoxy) is 1. The Balaban J connectivity index is 1.46. The van der Waals surface area contributed by atoms with E-state index < -0.39 is 5.97 Å². The number of rotatable bonds is 4. The highest BCUT2D eigenvalue weighted by molar-refractivity contribution is 5.80. The number of esters is 1. The second kappa shape index (κ2) is 6.37. The van der Waals surface area contributed by atoms with Gasteiger partial charge in [-0.15, -0.1) is 0 Å². The first kappa shape index (κ1) is 16.4. The minimum Gasteiger partial charge on any atom is -0.457 e. The number of para-hydroxylation sites is 1. The number of aryl methyl sites for hydroxylation is 1. The summed E-state index contributed by atoms with van der Waals surface area (Å²) in [4.78, 5) is 31.4. The number of aromatic amines is 1. The van der Waals surface area contributed by atoms with Crippen molar-refractivity contribution in [2.45, 2.75) is 25.9 Å². The van der Waals surface area contributed by atoms with E-state index >= 15 is 0 Å². The topological polar surface area (TPSA) is 72.1 Å². The molecule has 1 N–H and O–H groups in total. The lowest BCUT2D eigenvalue weighted by Gasteiger charge is -2.07. The van der Waals surface area contributed by atoms with Gasteiger partial charge in [0.2, 0.25) is 0 Å². The maximum atomic E-state index is 13.8. The molecule has 3 aromatic rings. The number of benzene rings is 2. The molecule has 6 heteroatoms. The van der Waals surface area contributed by atoms with Crippen molar-refractivity contribution in [3.05, 3.63) is 75.6 Å². The SMILES string of the molecule is Cc1cccc2c(=O)[nH]c(COC(=O)[C@@H]3C[C@@H]3c3ccccc3F)nc12. The van der Waals surface area contributed by atoms with Gasteiger partial charge < -0.3 is 9.72 Å². The zero-order chi connectivity index (χ0) is 18.3. The summed E-state index contributed by atoms with van der Waals surface area (Å²) in [5.41, 5.74) is 1.75. The maximum Gasteiger partial charge on any atom is 0.310 e. The second-order valence-electron chi connectivity index (χ2n) is 6.56. The van der Waals surface area contributed by atoms with Gasteiger partial charge in [0.05, 0.1) is 16.8 Å². The van der Waals surface area contributed by atoms with Gasteiger partial charge in [0.25, 0.3) is 5.56 Å². The molecule has 0 aliphatic heterocycles. The summed E-state index contributed by atoms with van der Waals surface area (Å²) in [7, 11) is 0. The van der Waals surface area contributed by atoms with Crippen LogP contribution in [0.2, 0.25) is 0 Å². The lowest BCUT2D eigenvalue weighted by molar-refractivity contribution is -0.146. The Labute approximate surface area is 148 Å². The first-order valence-corrected chi connectivity index (χ1v) is 8.44. The van der Waals surface area contributed by atoms with E-state index in [1.807, 2.05) is 13.0 Å². The molecule has 132 valence electrons. The molecule has 0 amide bonds. The van der Waals surface area contributed by atoms with Crippen LogP contribution < -0.4 is 5.56 Å². The van der Waals surface area contributed by atoms with Crippen molar-refractivity contribution in [2.24, 2.45) is 5.92 Å². The third kappa shape index (κ3) is 2.98. The highest BCUT2D eigenvalue weighted by atomic mass is 19.1. The molecule has 0 bridgehead atoms. The minimum atomic E-state index is -0.397. The third-order valence-electron chi connectivity index (χ3n) is 4.74. The molecule has 0 spiro atoms. The van der Waals surface area contributed by atoms with Crippen LogP contribution in [0.3, 0.4) is 0 Å². The second-order valence-corrected chi connectivity index (χ2v) is 6.56. The summed E-state index contributed by atoms with van der Waals surface area (Å²) in [6.07, 6.45) is 0.570. The van der Waals surface area contributed by atoms with Crippen LogP contribution in [-0.4, -0.2) is 15.9 Å². The van der Waals surface area contributed by atoms with E-state index in [2.05, 4.69) is 9.97 Å². The van der Waals surface area contributed by atoms with E-state index in [9.17, 15) is 14.0 Å². The predicted molar refractivity (Wildman–Crippen MR) is 94.1 cm³/mol. The molecule has 0 unspecified atom stereocenters. The van der Waals surface area contributed by atoms with E-state index in [4.69, 9.17) is 4.74 Å². The van der Waals surface area contributed by atoms with Crippen molar-refractivity contribution in [1.29, 1.82) is 0 Å². The van der Waals surface area contributed by atoms with E-state index in [0.29, 0.717) is 28.7 Å². The van der Waals surface area contributed by atoms with Gasteiger partial charge >= 0.3 is 5.97 Å². The largest absolute Gasteiger partial charge is 0.457 e. The molecule has 2 aromatic carbocycles. The Morgan fingerprint density at radius 3 is 2.88 bits per heavy atom. The summed E-state index contributed by atoms with van der Waals surface area (Å²) in [5, 5.41) is 0.502. The van der Waals surface area contributed by atoms with Crippen LogP contribution >= 0.6 is 0 Å². The molecule has 0 saturated heterocycles. The van der Waals surface area contributed by atoms with Gasteiger partial charge in [-0.1, -0.05) is 30.3 Å². The quantitative estimate of drug-likeness (QED) is 0.732. The van der Waals surface area contributed by atoms with E-state index in [1.165, 1.54) is 6.07 Å². The first-order valence-electron chi connectivity index (χ1n) is 8.44. The van der Waals surface area contributed by atoms with Crippen molar-refractivity contribution < 1.29 is 13.9 Å². The zero-order valence-electron chi connectivity index (χ0n) is 14.2. The highest BCUT2D eigenvalue weighted by Gasteiger charge is 2.46. The molecule has 0 radical (unpaired) electrons. The van der Waals surface area contributed by atoms with Crippen molar-refractivity contribution in [3.63, 3.8) is 0 Å². The van der Waals surface area contributed by atoms with Crippen molar-refractivity contribution in [2.75, 3.05) is 0 Å². The Morgan fingerprint density at radius 1 is 1.27 bits per heavy atom. The standard InChI is InChI=1S/C20H17FN2O3/c1-11-5-4-7-13-18(11)22-17(23-19(13)24)10-26-20(25)15-9-14(15)12-6-2-3-8-16(12)21/h2-8,14-15H,9-10H2,1H3,(H,22,23,24)/t14-,15-/m1/s1. The van der Waals surface area contributed by atoms with Crippen molar-refractivity contribution >= 4 is 16.9 Å². The molecular formula is C20H17FN2O3. The number of aromatic nitrogens is 2. The van der Waals surface area contributed by atoms with Gasteiger partial charge in [-0.2, -0.15) is 0 Å². The van der Waals surface area contributed by atoms with Crippen molar-refractivity contribution in [1.82, 2.24) is 9.97 Å². The number of nitrogens with one attached hydrogen (secondary N) is 1. The molecule has 26 heavy (non-hydrogen) atoms. The molecule has 2 atom stereocenters. The van der Waals surface area contributed by atoms with Crippen LogP contribution in [-0.2, 0) is 16.1 Å². The monoisotopic (exact) mass is 352 g/mol. The highest BCUT2D eigenvalue weighted by Crippen LogP contribution is 2.48. The Morgan fingerprint density at radius 2 is 2.08 bits per heavy atom. The van der Waals surface area contributed by atoms with Gasteiger partial charge in [0, 0.05) is 5.92 Å². The van der Waals surface area contributed by atoms with Gasteiger partial charge in [-0.25, -0.2) is 9.37 Å². The van der Waals surface area contributed by atoms with Crippen LogP contribution in [0.4, 0.5) is 4.39 Å². The van der Waals surface area contributed by atoms with E-state index in [1.54, 1.807) is 30.3 Å². The molecule has 1 aromatic heterocycles. The van der Waals surface area contributed by atoms with Crippen LogP contribution in [0.5, 0.6) is 0 Å². The lowest BCUT2D eigenvalue weighted by Crippen LogP contribution is -2.15. The van der Waals surface area contributed by atoms with Crippen LogP contribution in [0, 0.1) is 18.7 Å². The predicted octanol–water partition coefficient (Wildman–Crippen LogP) is 3.22. The Kier molecular flexibility index (Phi) is 4.03. The molecule has 1 saturated carbocycles. The fourth-order valence-corrected chi connectivity index (χ4v) is 3.24. The van der Waals surface area contributed by atoms with Crippen LogP contribution in [0.25, 0.3) is 10.9 Å². The number of nitrogens with zero attached hydrogens (tertiary/aromatic N) is 1. The number of H-pyrrole nitrogens is 1. The van der Waals surface area contributed by atoms with Gasteiger partial charge in [0.1, 0.15) is 18.2 Å². The van der Waals surface area contributed by atoms with Crippen LogP contribution in [0.15, 0.2) is 47.3 Å². The maximum absolute atomic E-state index is 13.8. The summed E-state index contributed by atoms with van der Waals surface area (Å²) in [5.74, 6) is -0.891. The lowest BCUT2D eigenvalue weighted by atomic mass is 10.1. The number of hydrogen-bond donors (Lipinski definition) is 1. The number of carbonyl (C=O) groups is 1. The molecule has 1 aliphatic carbocycles. The van der Waals surface area contributed by atoms with Gasteiger partial charge in [-0.05, 0) is 36.6 Å². The zero-order valence-corrected chi connectivity index (χ0v) is 14.2. The molecule has 1 aliphatic rings. The van der Waals surface area contributed by atoms with E-state index in [0.717, 1.165) is 5.56 Å². The molecule has 4 rings (SSSR count). The smallest absolute Gasteiger partial charge is 0.310 e. The average molecular weight is 352 g/mol. The summed E-state index contributed by atoms with van der Waals surface area (Å²) in [6.45, 7) is 1.76. The minimum absolute atomic E-state index is 0.112. The number of halogens is 1. The van der Waals surface area contributed by atoms with Gasteiger partial charge in [0.15, 0.2) is 0 Å². The number of carbonyl (C=O) groups excluding carboxylic acids is 1. The Bertz CT molecular complexity index is 1060. The fourth-order valence-electron chi connectivity index (χ4n) is 3.24. The number of hydrogen-bond acceptors (Lipinski definition) is 4. The van der Waals surface area contributed by atoms with E-state index in [-0.39, 0.29) is 29.8 Å². The normalized spacial score (nSPS) is 18.7. The summed E-state index contributed by atoms with van der Waals surface area (Å²) < 4.78 is 19.1. The summed E-state index contributed by atoms with van der Waals surface area (Å²) in [6, 6.07) is 11.8. The Hall–Kier alpha value is -3.02. The first-order chi connectivity index (χ1) is 12.5. The summed E-state index contributed by atoms with van der Waals surface area (Å²) >= 11 is 0. The van der Waals surface area contributed by atoms with Crippen LogP contribution in [0.1, 0.15) is 29.3 Å². The third-order valence-corrected chi connectivity index (χ3v) is 4.74. The number of fused-ring (bicyclic) bond motifs is 1. The van der Waals surface area contributed by atoms with Gasteiger partial charge in [-0.3, -0.25) is 9.59 Å². The fraction of sp³-hybridized carbons (Fsp3) is 0.250. The average Bonchev–Trinajstić information content (AvgIpc) is 3.42. The van der Waals surface area contributed by atoms with Crippen molar-refractivity contribution in [3.8, 4) is 0 Å². The molecule has 5 nitrogen and oxygen atoms in total.